The number of carbonyl (C=O) groups is 1. The van der Waals surface area contributed by atoms with Crippen molar-refractivity contribution in [2.45, 2.75) is 43.5 Å². The summed E-state index contributed by atoms with van der Waals surface area (Å²) in [6.07, 6.45) is 1.66. The second-order valence-corrected chi connectivity index (χ2v) is 8.96. The molecular weight excluding hydrogens is 335 g/mol. The number of benzene rings is 1. The lowest BCUT2D eigenvalue weighted by Gasteiger charge is -2.29. The summed E-state index contributed by atoms with van der Waals surface area (Å²) in [5.74, 6) is 0.253. The molecule has 3 unspecified atom stereocenters. The molecule has 0 aliphatic carbocycles. The molecule has 2 N–H and O–H groups in total. The van der Waals surface area contributed by atoms with E-state index in [-0.39, 0.29) is 28.9 Å². The molecule has 3 rings (SSSR count). The van der Waals surface area contributed by atoms with Crippen molar-refractivity contribution in [3.8, 4) is 5.75 Å². The van der Waals surface area contributed by atoms with E-state index in [2.05, 4.69) is 10.6 Å². The molecular formula is C16H21FN2O4S. The largest absolute Gasteiger partial charge is 0.491 e. The molecule has 8 heteroatoms. The molecule has 0 bridgehead atoms. The first-order valence-electron chi connectivity index (χ1n) is 8.03. The molecule has 24 heavy (non-hydrogen) atoms. The van der Waals surface area contributed by atoms with Crippen LogP contribution in [0.2, 0.25) is 0 Å². The first-order chi connectivity index (χ1) is 11.3. The predicted molar refractivity (Wildman–Crippen MR) is 87.3 cm³/mol. The SMILES string of the molecule is CC1CCC(NC(=O)NC2COc3ccc(F)cc3C2)CS1(=O)=O. The van der Waals surface area contributed by atoms with Crippen LogP contribution in [0.4, 0.5) is 9.18 Å². The zero-order valence-corrected chi connectivity index (χ0v) is 14.2. The highest BCUT2D eigenvalue weighted by molar-refractivity contribution is 7.92. The molecule has 2 amide bonds. The lowest BCUT2D eigenvalue weighted by atomic mass is 10.0. The molecule has 1 aromatic carbocycles. The fourth-order valence-electron chi connectivity index (χ4n) is 3.13. The van der Waals surface area contributed by atoms with E-state index in [1.165, 1.54) is 12.1 Å². The number of sulfone groups is 1. The van der Waals surface area contributed by atoms with E-state index in [1.54, 1.807) is 13.0 Å². The van der Waals surface area contributed by atoms with Crippen LogP contribution >= 0.6 is 0 Å². The molecule has 2 aliphatic heterocycles. The average Bonchev–Trinajstić information content (AvgIpc) is 2.50. The van der Waals surface area contributed by atoms with Gasteiger partial charge in [0, 0.05) is 6.04 Å². The Morgan fingerprint density at radius 1 is 1.25 bits per heavy atom. The van der Waals surface area contributed by atoms with E-state index in [0.717, 1.165) is 0 Å². The Labute approximate surface area is 140 Å². The van der Waals surface area contributed by atoms with Crippen LogP contribution in [0, 0.1) is 5.82 Å². The van der Waals surface area contributed by atoms with Crippen molar-refractivity contribution in [2.75, 3.05) is 12.4 Å². The van der Waals surface area contributed by atoms with Gasteiger partial charge >= 0.3 is 6.03 Å². The Balaban J connectivity index is 1.54. The number of urea groups is 1. The third kappa shape index (κ3) is 3.80. The Hall–Kier alpha value is -1.83. The molecule has 0 radical (unpaired) electrons. The van der Waals surface area contributed by atoms with Gasteiger partial charge in [-0.05, 0) is 49.9 Å². The molecule has 1 saturated heterocycles. The van der Waals surface area contributed by atoms with Crippen LogP contribution in [0.1, 0.15) is 25.3 Å². The van der Waals surface area contributed by atoms with Gasteiger partial charge in [-0.2, -0.15) is 0 Å². The smallest absolute Gasteiger partial charge is 0.315 e. The van der Waals surface area contributed by atoms with Crippen molar-refractivity contribution < 1.29 is 22.3 Å². The summed E-state index contributed by atoms with van der Waals surface area (Å²) in [7, 11) is -3.14. The van der Waals surface area contributed by atoms with E-state index >= 15 is 0 Å². The fraction of sp³-hybridized carbons (Fsp3) is 0.562. The van der Waals surface area contributed by atoms with Crippen LogP contribution in [0.25, 0.3) is 0 Å². The van der Waals surface area contributed by atoms with E-state index in [1.807, 2.05) is 0 Å². The van der Waals surface area contributed by atoms with Gasteiger partial charge in [0.2, 0.25) is 0 Å². The topological polar surface area (TPSA) is 84.5 Å². The number of hydrogen-bond acceptors (Lipinski definition) is 4. The Morgan fingerprint density at radius 2 is 2.00 bits per heavy atom. The molecule has 0 saturated carbocycles. The monoisotopic (exact) mass is 356 g/mol. The van der Waals surface area contributed by atoms with Gasteiger partial charge in [0.15, 0.2) is 9.84 Å². The van der Waals surface area contributed by atoms with Crippen molar-refractivity contribution in [3.63, 3.8) is 0 Å². The number of halogens is 1. The fourth-order valence-corrected chi connectivity index (χ4v) is 4.76. The van der Waals surface area contributed by atoms with Gasteiger partial charge in [-0.3, -0.25) is 0 Å². The summed E-state index contributed by atoms with van der Waals surface area (Å²) in [4.78, 5) is 12.1. The summed E-state index contributed by atoms with van der Waals surface area (Å²) >= 11 is 0. The van der Waals surface area contributed by atoms with Gasteiger partial charge < -0.3 is 15.4 Å². The third-order valence-electron chi connectivity index (χ3n) is 4.57. The Kier molecular flexibility index (Phi) is 4.67. The summed E-state index contributed by atoms with van der Waals surface area (Å²) < 4.78 is 42.6. The molecule has 2 heterocycles. The van der Waals surface area contributed by atoms with Crippen molar-refractivity contribution >= 4 is 15.9 Å². The number of fused-ring (bicyclic) bond motifs is 1. The number of hydrogen-bond donors (Lipinski definition) is 2. The lowest BCUT2D eigenvalue weighted by Crippen LogP contribution is -2.53. The van der Waals surface area contributed by atoms with Crippen molar-refractivity contribution in [1.29, 1.82) is 0 Å². The van der Waals surface area contributed by atoms with Crippen molar-refractivity contribution in [3.05, 3.63) is 29.6 Å². The van der Waals surface area contributed by atoms with Gasteiger partial charge in [0.05, 0.1) is 17.0 Å². The minimum atomic E-state index is -3.14. The van der Waals surface area contributed by atoms with E-state index in [0.29, 0.717) is 37.2 Å². The molecule has 1 fully saturated rings. The second kappa shape index (κ2) is 6.58. The highest BCUT2D eigenvalue weighted by atomic mass is 32.2. The standard InChI is InChI=1S/C16H21FN2O4S/c1-10-2-4-13(9-24(10,21)22)18-16(20)19-14-7-11-6-12(17)3-5-15(11)23-8-14/h3,5-6,10,13-14H,2,4,7-9H2,1H3,(H2,18,19,20). The summed E-state index contributed by atoms with van der Waals surface area (Å²) in [5.41, 5.74) is 0.709. The van der Waals surface area contributed by atoms with Crippen molar-refractivity contribution in [2.24, 2.45) is 0 Å². The second-order valence-electron chi connectivity index (χ2n) is 6.50. The maximum absolute atomic E-state index is 13.3. The van der Waals surface area contributed by atoms with Gasteiger partial charge in [0.25, 0.3) is 0 Å². The molecule has 0 spiro atoms. The van der Waals surface area contributed by atoms with E-state index < -0.39 is 15.9 Å². The van der Waals surface area contributed by atoms with Gasteiger partial charge in [-0.25, -0.2) is 17.6 Å². The Bertz CT molecular complexity index is 738. The summed E-state index contributed by atoms with van der Waals surface area (Å²) in [6.45, 7) is 1.99. The molecule has 3 atom stereocenters. The maximum atomic E-state index is 13.3. The van der Waals surface area contributed by atoms with Crippen LogP contribution in [0.5, 0.6) is 5.75 Å². The predicted octanol–water partition coefficient (Wildman–Crippen LogP) is 1.39. The molecule has 2 aliphatic rings. The minimum absolute atomic E-state index is 0.0310. The number of rotatable bonds is 2. The Morgan fingerprint density at radius 3 is 2.75 bits per heavy atom. The number of carbonyl (C=O) groups excluding carboxylic acids is 1. The van der Waals surface area contributed by atoms with Crippen LogP contribution in [0.15, 0.2) is 18.2 Å². The number of amides is 2. The van der Waals surface area contributed by atoms with E-state index in [4.69, 9.17) is 4.74 Å². The lowest BCUT2D eigenvalue weighted by molar-refractivity contribution is 0.211. The van der Waals surface area contributed by atoms with Gasteiger partial charge in [-0.1, -0.05) is 0 Å². The normalized spacial score (nSPS) is 28.3. The third-order valence-corrected chi connectivity index (χ3v) is 6.90. The van der Waals surface area contributed by atoms with Crippen LogP contribution in [-0.4, -0.2) is 44.1 Å². The van der Waals surface area contributed by atoms with Crippen LogP contribution in [-0.2, 0) is 16.3 Å². The number of nitrogens with one attached hydrogen (secondary N) is 2. The van der Waals surface area contributed by atoms with E-state index in [9.17, 15) is 17.6 Å². The maximum Gasteiger partial charge on any atom is 0.315 e. The minimum Gasteiger partial charge on any atom is -0.491 e. The summed E-state index contributed by atoms with van der Waals surface area (Å²) in [5, 5.41) is 5.14. The molecule has 0 aromatic heterocycles. The number of ether oxygens (including phenoxy) is 1. The quantitative estimate of drug-likeness (QED) is 0.839. The molecule has 6 nitrogen and oxygen atoms in total. The van der Waals surface area contributed by atoms with Crippen molar-refractivity contribution in [1.82, 2.24) is 10.6 Å². The zero-order chi connectivity index (χ0) is 17.3. The summed E-state index contributed by atoms with van der Waals surface area (Å²) in [6, 6.07) is 3.24. The van der Waals surface area contributed by atoms with Gasteiger partial charge in [-0.15, -0.1) is 0 Å². The zero-order valence-electron chi connectivity index (χ0n) is 13.4. The first kappa shape index (κ1) is 17.0. The highest BCUT2D eigenvalue weighted by Gasteiger charge is 2.32. The van der Waals surface area contributed by atoms with Crippen LogP contribution in [0.3, 0.4) is 0 Å². The van der Waals surface area contributed by atoms with Crippen LogP contribution < -0.4 is 15.4 Å². The first-order valence-corrected chi connectivity index (χ1v) is 9.75. The molecule has 1 aromatic rings. The highest BCUT2D eigenvalue weighted by Crippen LogP contribution is 2.25. The molecule has 132 valence electrons. The van der Waals surface area contributed by atoms with Gasteiger partial charge in [0.1, 0.15) is 18.2 Å². The average molecular weight is 356 g/mol.